The molecule has 1 aromatic heterocycles. The lowest BCUT2D eigenvalue weighted by molar-refractivity contribution is 0.574. The van der Waals surface area contributed by atoms with Crippen molar-refractivity contribution in [1.82, 2.24) is 9.78 Å². The second-order valence-electron chi connectivity index (χ2n) is 4.80. The van der Waals surface area contributed by atoms with Gasteiger partial charge in [-0.25, -0.2) is 4.68 Å². The van der Waals surface area contributed by atoms with Gasteiger partial charge in [-0.1, -0.05) is 18.2 Å². The van der Waals surface area contributed by atoms with Crippen molar-refractivity contribution in [3.05, 3.63) is 40.0 Å². The van der Waals surface area contributed by atoms with Crippen LogP contribution in [0.4, 0.5) is 5.82 Å². The Morgan fingerprint density at radius 3 is 2.83 bits per heavy atom. The van der Waals surface area contributed by atoms with Gasteiger partial charge in [0.15, 0.2) is 5.69 Å². The number of nitrogens with one attached hydrogen (secondary N) is 1. The molecule has 1 aliphatic rings. The van der Waals surface area contributed by atoms with E-state index in [1.165, 1.54) is 0 Å². The van der Waals surface area contributed by atoms with Crippen LogP contribution in [0.1, 0.15) is 25.1 Å². The van der Waals surface area contributed by atoms with E-state index in [0.717, 1.165) is 17.1 Å². The van der Waals surface area contributed by atoms with E-state index < -0.39 is 0 Å². The highest BCUT2D eigenvalue weighted by Crippen LogP contribution is 2.40. The van der Waals surface area contributed by atoms with Crippen LogP contribution in [0, 0.1) is 11.3 Å². The Labute approximate surface area is 113 Å². The molecule has 0 saturated heterocycles. The standard InChI is InChI=1S/C13H11BrN4/c1-13(2)8-5-3-4-6-10(8)18-12(16-13)11(14)9(7-15)17-18/h3-6,16H,1-2H3. The molecule has 18 heavy (non-hydrogen) atoms. The number of para-hydroxylation sites is 1. The van der Waals surface area contributed by atoms with E-state index in [0.29, 0.717) is 10.2 Å². The lowest BCUT2D eigenvalue weighted by Gasteiger charge is -2.34. The van der Waals surface area contributed by atoms with Crippen molar-refractivity contribution in [1.29, 1.82) is 5.26 Å². The number of fused-ring (bicyclic) bond motifs is 3. The van der Waals surface area contributed by atoms with E-state index in [4.69, 9.17) is 5.26 Å². The first kappa shape index (κ1) is 11.3. The van der Waals surface area contributed by atoms with E-state index in [2.05, 4.69) is 52.3 Å². The summed E-state index contributed by atoms with van der Waals surface area (Å²) in [7, 11) is 0. The summed E-state index contributed by atoms with van der Waals surface area (Å²) in [6, 6.07) is 10.2. The van der Waals surface area contributed by atoms with Crippen molar-refractivity contribution in [2.24, 2.45) is 0 Å². The molecule has 2 aromatic rings. The molecule has 0 unspecified atom stereocenters. The average molecular weight is 303 g/mol. The van der Waals surface area contributed by atoms with Crippen LogP contribution in [0.15, 0.2) is 28.7 Å². The topological polar surface area (TPSA) is 53.6 Å². The minimum absolute atomic E-state index is 0.193. The fourth-order valence-corrected chi connectivity index (χ4v) is 2.74. The zero-order valence-corrected chi connectivity index (χ0v) is 11.6. The van der Waals surface area contributed by atoms with Gasteiger partial charge in [0, 0.05) is 5.56 Å². The molecule has 2 heterocycles. The molecule has 0 amide bonds. The van der Waals surface area contributed by atoms with E-state index >= 15 is 0 Å². The molecule has 1 aromatic carbocycles. The Morgan fingerprint density at radius 1 is 1.39 bits per heavy atom. The normalized spacial score (nSPS) is 15.2. The highest BCUT2D eigenvalue weighted by Gasteiger charge is 2.33. The Hall–Kier alpha value is -1.80. The van der Waals surface area contributed by atoms with E-state index in [1.807, 2.05) is 18.2 Å². The zero-order valence-electron chi connectivity index (χ0n) is 10.0. The van der Waals surface area contributed by atoms with E-state index in [-0.39, 0.29) is 5.54 Å². The predicted molar refractivity (Wildman–Crippen MR) is 72.6 cm³/mol. The number of hydrogen-bond donors (Lipinski definition) is 1. The van der Waals surface area contributed by atoms with Crippen LogP contribution in [0.3, 0.4) is 0 Å². The van der Waals surface area contributed by atoms with Crippen LogP contribution in [-0.4, -0.2) is 9.78 Å². The maximum atomic E-state index is 9.06. The molecule has 1 N–H and O–H groups in total. The van der Waals surface area contributed by atoms with Gasteiger partial charge in [-0.05, 0) is 35.8 Å². The first-order valence-corrected chi connectivity index (χ1v) is 6.40. The molecule has 0 atom stereocenters. The van der Waals surface area contributed by atoms with Gasteiger partial charge in [-0.3, -0.25) is 0 Å². The van der Waals surface area contributed by atoms with E-state index in [9.17, 15) is 0 Å². The third kappa shape index (κ3) is 1.39. The van der Waals surface area contributed by atoms with Crippen molar-refractivity contribution >= 4 is 21.7 Å². The lowest BCUT2D eigenvalue weighted by Crippen LogP contribution is -2.34. The molecule has 5 heteroatoms. The fraction of sp³-hybridized carbons (Fsp3) is 0.231. The molecular formula is C13H11BrN4. The molecule has 0 fully saturated rings. The van der Waals surface area contributed by atoms with Gasteiger partial charge in [0.2, 0.25) is 0 Å². The first-order chi connectivity index (χ1) is 8.54. The number of anilines is 1. The number of halogens is 1. The minimum atomic E-state index is -0.193. The number of nitrogens with zero attached hydrogens (tertiary/aromatic N) is 3. The van der Waals surface area contributed by atoms with Gasteiger partial charge in [0.25, 0.3) is 0 Å². The Bertz CT molecular complexity index is 679. The highest BCUT2D eigenvalue weighted by atomic mass is 79.9. The molecular weight excluding hydrogens is 292 g/mol. The maximum Gasteiger partial charge on any atom is 0.179 e. The summed E-state index contributed by atoms with van der Waals surface area (Å²) in [5.41, 5.74) is 2.38. The quantitative estimate of drug-likeness (QED) is 0.813. The van der Waals surface area contributed by atoms with Crippen LogP contribution < -0.4 is 5.32 Å². The minimum Gasteiger partial charge on any atom is -0.360 e. The molecule has 0 saturated carbocycles. The average Bonchev–Trinajstić information content (AvgIpc) is 2.66. The Morgan fingerprint density at radius 2 is 2.11 bits per heavy atom. The molecule has 0 spiro atoms. The van der Waals surface area contributed by atoms with Crippen molar-refractivity contribution in [2.75, 3.05) is 5.32 Å². The maximum absolute atomic E-state index is 9.06. The summed E-state index contributed by atoms with van der Waals surface area (Å²) in [6.45, 7) is 4.22. The van der Waals surface area contributed by atoms with E-state index in [1.54, 1.807) is 4.68 Å². The molecule has 4 nitrogen and oxygen atoms in total. The third-order valence-corrected chi connectivity index (χ3v) is 3.92. The summed E-state index contributed by atoms with van der Waals surface area (Å²) in [5, 5.41) is 16.8. The lowest BCUT2D eigenvalue weighted by atomic mass is 9.91. The molecule has 0 aliphatic carbocycles. The van der Waals surface area contributed by atoms with Gasteiger partial charge < -0.3 is 5.32 Å². The highest BCUT2D eigenvalue weighted by molar-refractivity contribution is 9.10. The van der Waals surface area contributed by atoms with Gasteiger partial charge in [0.1, 0.15) is 11.9 Å². The second-order valence-corrected chi connectivity index (χ2v) is 5.59. The smallest absolute Gasteiger partial charge is 0.179 e. The van der Waals surface area contributed by atoms with Gasteiger partial charge in [-0.2, -0.15) is 10.4 Å². The molecule has 1 aliphatic heterocycles. The number of benzene rings is 1. The number of hydrogen-bond acceptors (Lipinski definition) is 3. The SMILES string of the molecule is CC1(C)Nc2c(Br)c(C#N)nn2-c2ccccc21. The van der Waals surface area contributed by atoms with Crippen LogP contribution in [0.25, 0.3) is 5.69 Å². The van der Waals surface area contributed by atoms with Crippen molar-refractivity contribution < 1.29 is 0 Å². The van der Waals surface area contributed by atoms with Crippen molar-refractivity contribution in [3.8, 4) is 11.8 Å². The van der Waals surface area contributed by atoms with Crippen LogP contribution in [0.5, 0.6) is 0 Å². The fourth-order valence-electron chi connectivity index (χ4n) is 2.30. The van der Waals surface area contributed by atoms with Crippen LogP contribution in [-0.2, 0) is 5.54 Å². The Balaban J connectivity index is 2.35. The number of nitriles is 1. The largest absolute Gasteiger partial charge is 0.360 e. The molecule has 0 radical (unpaired) electrons. The summed E-state index contributed by atoms with van der Waals surface area (Å²) in [5.74, 6) is 0.829. The molecule has 0 bridgehead atoms. The molecule has 3 rings (SSSR count). The number of rotatable bonds is 0. The van der Waals surface area contributed by atoms with Crippen molar-refractivity contribution in [3.63, 3.8) is 0 Å². The summed E-state index contributed by atoms with van der Waals surface area (Å²) in [4.78, 5) is 0. The third-order valence-electron chi connectivity index (χ3n) is 3.17. The predicted octanol–water partition coefficient (Wildman–Crippen LogP) is 3.17. The second kappa shape index (κ2) is 3.59. The monoisotopic (exact) mass is 302 g/mol. The van der Waals surface area contributed by atoms with Gasteiger partial charge in [-0.15, -0.1) is 0 Å². The van der Waals surface area contributed by atoms with Crippen LogP contribution >= 0.6 is 15.9 Å². The summed E-state index contributed by atoms with van der Waals surface area (Å²) < 4.78 is 2.50. The zero-order chi connectivity index (χ0) is 12.9. The van der Waals surface area contributed by atoms with Gasteiger partial charge in [0.05, 0.1) is 15.7 Å². The summed E-state index contributed by atoms with van der Waals surface area (Å²) >= 11 is 3.43. The van der Waals surface area contributed by atoms with Crippen LogP contribution in [0.2, 0.25) is 0 Å². The van der Waals surface area contributed by atoms with Crippen molar-refractivity contribution in [2.45, 2.75) is 19.4 Å². The number of aromatic nitrogens is 2. The van der Waals surface area contributed by atoms with Gasteiger partial charge >= 0.3 is 0 Å². The summed E-state index contributed by atoms with van der Waals surface area (Å²) in [6.07, 6.45) is 0. The first-order valence-electron chi connectivity index (χ1n) is 5.61. The Kier molecular flexibility index (Phi) is 2.26. The molecule has 90 valence electrons.